The molecule has 0 spiro atoms. The molecule has 0 aliphatic rings. The molecule has 0 fully saturated rings. The van der Waals surface area contributed by atoms with Gasteiger partial charge in [-0.25, -0.2) is 0 Å². The van der Waals surface area contributed by atoms with Crippen molar-refractivity contribution in [3.63, 3.8) is 0 Å². The van der Waals surface area contributed by atoms with Gasteiger partial charge in [-0.2, -0.15) is 0 Å². The first-order chi connectivity index (χ1) is 24.7. The summed E-state index contributed by atoms with van der Waals surface area (Å²) in [5, 5.41) is 2.79. The zero-order chi connectivity index (χ0) is 37.4. The molecule has 6 rings (SSSR count). The molecule has 0 aliphatic carbocycles. The predicted molar refractivity (Wildman–Crippen MR) is 238 cm³/mol. The molecule has 260 valence electrons. The molecule has 0 aromatic heterocycles. The van der Waals surface area contributed by atoms with E-state index in [-0.39, 0.29) is 13.4 Å². The summed E-state index contributed by atoms with van der Waals surface area (Å²) in [4.78, 5) is 0. The quantitative estimate of drug-likeness (QED) is 0.110. The maximum Gasteiger partial charge on any atom is 0.243 e. The van der Waals surface area contributed by atoms with Gasteiger partial charge in [0.15, 0.2) is 0 Å². The largest absolute Gasteiger partial charge is 0.243 e. The Morgan fingerprint density at radius 1 is 0.308 bits per heavy atom. The predicted octanol–water partition coefficient (Wildman–Crippen LogP) is 8.18. The summed E-state index contributed by atoms with van der Waals surface area (Å²) >= 11 is 0. The lowest BCUT2D eigenvalue weighted by Gasteiger charge is -2.26. The van der Waals surface area contributed by atoms with Crippen molar-refractivity contribution in [1.82, 2.24) is 0 Å². The SMILES string of the molecule is Cc1cc(C)c(B(c2ccccc2P=Pc2ccccc2B(c2c(C)cc(C)cc2C)c2c(C)cc(C)cc2C)c2c(C)cc(C)cc2C)c(C)c1. The maximum atomic E-state index is 2.40. The fraction of sp³-hybridized carbons (Fsp3) is 0.250. The van der Waals surface area contributed by atoms with Crippen LogP contribution in [-0.2, 0) is 0 Å². The van der Waals surface area contributed by atoms with Gasteiger partial charge < -0.3 is 0 Å². The molecule has 0 radical (unpaired) electrons. The molecule has 0 saturated heterocycles. The van der Waals surface area contributed by atoms with Crippen LogP contribution in [0.4, 0.5) is 0 Å². The van der Waals surface area contributed by atoms with Crippen LogP contribution in [0.5, 0.6) is 0 Å². The third-order valence-electron chi connectivity index (χ3n) is 10.9. The summed E-state index contributed by atoms with van der Waals surface area (Å²) in [6, 6.07) is 37.4. The standard InChI is InChI=1S/C48H52B2P2/c1-29-21-33(5)45(34(6)22-29)49(46-35(7)23-30(2)24-36(46)8)41-17-13-15-19-43(41)51-52-44-20-16-14-18-42(44)50(47-37(9)25-31(3)26-38(47)10)48-39(11)27-32(4)28-40(48)12/h13-28H,1-12H3. The van der Waals surface area contributed by atoms with Crippen LogP contribution in [0.1, 0.15) is 66.8 Å². The second kappa shape index (κ2) is 15.6. The molecule has 0 atom stereocenters. The van der Waals surface area contributed by atoms with Gasteiger partial charge in [-0.15, -0.1) is 0 Å². The van der Waals surface area contributed by atoms with Crippen molar-refractivity contribution in [2.45, 2.75) is 83.1 Å². The fourth-order valence-corrected chi connectivity index (χ4v) is 12.1. The summed E-state index contributed by atoms with van der Waals surface area (Å²) < 4.78 is 0. The van der Waals surface area contributed by atoms with E-state index in [1.54, 1.807) is 0 Å². The van der Waals surface area contributed by atoms with E-state index in [4.69, 9.17) is 0 Å². The Labute approximate surface area is 318 Å². The lowest BCUT2D eigenvalue weighted by Crippen LogP contribution is -2.59. The van der Waals surface area contributed by atoms with Crippen LogP contribution in [0.25, 0.3) is 0 Å². The Morgan fingerprint density at radius 2 is 0.519 bits per heavy atom. The Kier molecular flexibility index (Phi) is 11.3. The van der Waals surface area contributed by atoms with Crippen molar-refractivity contribution >= 4 is 72.5 Å². The molecule has 0 N–H and O–H groups in total. The van der Waals surface area contributed by atoms with Gasteiger partial charge in [0.05, 0.1) is 0 Å². The zero-order valence-corrected chi connectivity index (χ0v) is 35.1. The average Bonchev–Trinajstić information content (AvgIpc) is 3.04. The van der Waals surface area contributed by atoms with Gasteiger partial charge in [0.25, 0.3) is 0 Å². The third-order valence-corrected chi connectivity index (χ3v) is 13.8. The van der Waals surface area contributed by atoms with E-state index in [0.717, 1.165) is 0 Å². The van der Waals surface area contributed by atoms with Crippen LogP contribution in [0.15, 0.2) is 97.1 Å². The Bertz CT molecular complexity index is 1980. The van der Waals surface area contributed by atoms with Crippen molar-refractivity contribution in [3.8, 4) is 0 Å². The van der Waals surface area contributed by atoms with Crippen LogP contribution < -0.4 is 43.4 Å². The number of rotatable bonds is 8. The molecular weight excluding hydrogens is 660 g/mol. The normalized spacial score (nSPS) is 11.4. The van der Waals surface area contributed by atoms with Crippen LogP contribution in [0.3, 0.4) is 0 Å². The van der Waals surface area contributed by atoms with Crippen molar-refractivity contribution in [1.29, 1.82) is 0 Å². The second-order valence-electron chi connectivity index (χ2n) is 15.4. The summed E-state index contributed by atoms with van der Waals surface area (Å²) in [6.45, 7) is 27.6. The second-order valence-corrected chi connectivity index (χ2v) is 18.0. The lowest BCUT2D eigenvalue weighted by atomic mass is 9.34. The molecule has 52 heavy (non-hydrogen) atoms. The van der Waals surface area contributed by atoms with Gasteiger partial charge in [-0.3, -0.25) is 0 Å². The minimum Gasteiger partial charge on any atom is -0.0660 e. The van der Waals surface area contributed by atoms with Crippen molar-refractivity contribution in [2.75, 3.05) is 0 Å². The molecule has 0 nitrogen and oxygen atoms in total. The monoisotopic (exact) mass is 712 g/mol. The highest BCUT2D eigenvalue weighted by molar-refractivity contribution is 7.91. The molecule has 0 saturated carbocycles. The topological polar surface area (TPSA) is 0 Å². The fourth-order valence-electron chi connectivity index (χ4n) is 9.25. The Balaban J connectivity index is 1.57. The van der Waals surface area contributed by atoms with Crippen LogP contribution in [0, 0.1) is 83.1 Å². The molecule has 0 heterocycles. The highest BCUT2D eigenvalue weighted by Crippen LogP contribution is 2.19. The molecule has 0 unspecified atom stereocenters. The minimum atomic E-state index is 0.152. The van der Waals surface area contributed by atoms with Gasteiger partial charge in [0.2, 0.25) is 13.4 Å². The van der Waals surface area contributed by atoms with Gasteiger partial charge in [0, 0.05) is 10.6 Å². The smallest absolute Gasteiger partial charge is 0.0660 e. The Hall–Kier alpha value is -3.95. The van der Waals surface area contributed by atoms with Crippen molar-refractivity contribution < 1.29 is 0 Å². The first kappa shape index (κ1) is 37.8. The van der Waals surface area contributed by atoms with E-state index in [0.29, 0.717) is 0 Å². The minimum absolute atomic E-state index is 0.152. The van der Waals surface area contributed by atoms with Gasteiger partial charge in [-0.1, -0.05) is 197 Å². The van der Waals surface area contributed by atoms with Gasteiger partial charge in [-0.05, 0) is 98.8 Å². The summed E-state index contributed by atoms with van der Waals surface area (Å²) in [5.41, 5.74) is 24.8. The molecule has 0 bridgehead atoms. The maximum absolute atomic E-state index is 2.40. The van der Waals surface area contributed by atoms with E-state index in [1.165, 1.54) is 126 Å². The third kappa shape index (κ3) is 7.58. The van der Waals surface area contributed by atoms with E-state index >= 15 is 0 Å². The molecule has 6 aromatic rings. The lowest BCUT2D eigenvalue weighted by molar-refractivity contribution is 1.34. The Morgan fingerprint density at radius 3 is 0.750 bits per heavy atom. The number of hydrogen-bond acceptors (Lipinski definition) is 0. The zero-order valence-electron chi connectivity index (χ0n) is 33.3. The van der Waals surface area contributed by atoms with Gasteiger partial charge >= 0.3 is 0 Å². The van der Waals surface area contributed by atoms with E-state index < -0.39 is 0 Å². The number of hydrogen-bond donors (Lipinski definition) is 0. The van der Waals surface area contributed by atoms with Crippen molar-refractivity contribution in [3.05, 3.63) is 164 Å². The first-order valence-electron chi connectivity index (χ1n) is 18.7. The summed E-state index contributed by atoms with van der Waals surface area (Å²) in [6.07, 6.45) is 0. The molecule has 4 heteroatoms. The number of aryl methyl sites for hydroxylation is 12. The van der Waals surface area contributed by atoms with E-state index in [9.17, 15) is 0 Å². The first-order valence-corrected chi connectivity index (χ1v) is 21.1. The van der Waals surface area contributed by atoms with Gasteiger partial charge in [0.1, 0.15) is 0 Å². The van der Waals surface area contributed by atoms with E-state index in [1.807, 2.05) is 0 Å². The highest BCUT2D eigenvalue weighted by Gasteiger charge is 2.32. The molecular formula is C48H52B2P2. The summed E-state index contributed by atoms with van der Waals surface area (Å²) in [5.74, 6) is 0. The molecule has 0 aliphatic heterocycles. The summed E-state index contributed by atoms with van der Waals surface area (Å²) in [7, 11) is 2.57. The average molecular weight is 713 g/mol. The molecule has 6 aromatic carbocycles. The van der Waals surface area contributed by atoms with Crippen LogP contribution in [0.2, 0.25) is 0 Å². The van der Waals surface area contributed by atoms with Crippen LogP contribution >= 0.6 is 15.7 Å². The van der Waals surface area contributed by atoms with Crippen LogP contribution in [-0.4, -0.2) is 13.4 Å². The van der Waals surface area contributed by atoms with Crippen molar-refractivity contribution in [2.24, 2.45) is 0 Å². The molecule has 0 amide bonds. The highest BCUT2D eigenvalue weighted by atomic mass is 31.7. The number of benzene rings is 6. The van der Waals surface area contributed by atoms with E-state index in [2.05, 4.69) is 180 Å².